The van der Waals surface area contributed by atoms with E-state index < -0.39 is 5.91 Å². The van der Waals surface area contributed by atoms with E-state index in [9.17, 15) is 14.4 Å². The highest BCUT2D eigenvalue weighted by atomic mass is 32.2. The minimum atomic E-state index is -0.552. The number of fused-ring (bicyclic) bond motifs is 1. The van der Waals surface area contributed by atoms with E-state index in [4.69, 9.17) is 5.73 Å². The zero-order chi connectivity index (χ0) is 21.1. The molecular weight excluding hydrogens is 406 g/mol. The molecule has 2 heterocycles. The maximum Gasteiger partial charge on any atom is 0.251 e. The molecule has 0 fully saturated rings. The summed E-state index contributed by atoms with van der Waals surface area (Å²) in [7, 11) is 0. The Bertz CT molecular complexity index is 935. The quantitative estimate of drug-likeness (QED) is 0.686. The average Bonchev–Trinajstić information content (AvgIpc) is 2.99. The van der Waals surface area contributed by atoms with Crippen LogP contribution in [0.15, 0.2) is 29.2 Å². The summed E-state index contributed by atoms with van der Waals surface area (Å²) < 4.78 is 0. The fourth-order valence-corrected chi connectivity index (χ4v) is 5.46. The molecule has 2 aromatic rings. The van der Waals surface area contributed by atoms with Gasteiger partial charge in [-0.25, -0.2) is 0 Å². The van der Waals surface area contributed by atoms with Crippen LogP contribution in [0.2, 0.25) is 0 Å². The second-order valence-electron chi connectivity index (χ2n) is 7.30. The number of benzene rings is 1. The van der Waals surface area contributed by atoms with Gasteiger partial charge in [-0.15, -0.1) is 23.1 Å². The first-order valence-corrected chi connectivity index (χ1v) is 11.2. The molecule has 3 rings (SSSR count). The summed E-state index contributed by atoms with van der Waals surface area (Å²) in [5.41, 5.74) is 7.73. The van der Waals surface area contributed by atoms with Crippen molar-refractivity contribution in [2.75, 3.05) is 11.9 Å². The molecule has 29 heavy (non-hydrogen) atoms. The normalized spacial score (nSPS) is 13.3. The highest BCUT2D eigenvalue weighted by Crippen LogP contribution is 2.37. The Morgan fingerprint density at radius 3 is 2.52 bits per heavy atom. The number of thioether (sulfide) groups is 1. The van der Waals surface area contributed by atoms with Crippen LogP contribution in [0.4, 0.5) is 5.00 Å². The lowest BCUT2D eigenvalue weighted by molar-refractivity contribution is -0.129. The van der Waals surface area contributed by atoms with E-state index in [2.05, 4.69) is 19.2 Å². The number of nitrogens with two attached hydrogens (primary N) is 1. The first-order chi connectivity index (χ1) is 13.7. The minimum absolute atomic E-state index is 0.00524. The molecule has 6 nitrogen and oxygen atoms in total. The Morgan fingerprint density at radius 2 is 1.93 bits per heavy atom. The van der Waals surface area contributed by atoms with Crippen molar-refractivity contribution < 1.29 is 14.4 Å². The van der Waals surface area contributed by atoms with Crippen LogP contribution in [0.3, 0.4) is 0 Å². The van der Waals surface area contributed by atoms with Crippen LogP contribution in [0, 0.1) is 0 Å². The second kappa shape index (κ2) is 9.00. The highest BCUT2D eigenvalue weighted by Gasteiger charge is 2.28. The van der Waals surface area contributed by atoms with Crippen molar-refractivity contribution in [3.05, 3.63) is 45.8 Å². The standard InChI is InChI=1S/C21H25N3O3S2/c1-12(2)28-15-6-4-14(5-7-15)10-18(26)23-21-19(20(22)27)16-8-9-24(13(3)25)11-17(16)29-21/h4-7,12H,8-11H2,1-3H3,(H2,22,27)(H,23,26). The number of nitrogens with zero attached hydrogens (tertiary/aromatic N) is 1. The van der Waals surface area contributed by atoms with E-state index >= 15 is 0 Å². The Balaban J connectivity index is 1.73. The van der Waals surface area contributed by atoms with Gasteiger partial charge in [-0.3, -0.25) is 14.4 Å². The number of carbonyl (C=O) groups is 3. The zero-order valence-corrected chi connectivity index (χ0v) is 18.4. The number of rotatable bonds is 6. The summed E-state index contributed by atoms with van der Waals surface area (Å²) in [4.78, 5) is 40.1. The van der Waals surface area contributed by atoms with Crippen LogP contribution in [-0.4, -0.2) is 34.4 Å². The third-order valence-electron chi connectivity index (χ3n) is 4.66. The number of thiophene rings is 1. The third-order valence-corrected chi connectivity index (χ3v) is 6.81. The van der Waals surface area contributed by atoms with Gasteiger partial charge in [-0.1, -0.05) is 26.0 Å². The van der Waals surface area contributed by atoms with Gasteiger partial charge in [0.2, 0.25) is 11.8 Å². The molecule has 1 aliphatic heterocycles. The van der Waals surface area contributed by atoms with Crippen molar-refractivity contribution >= 4 is 45.8 Å². The number of hydrogen-bond acceptors (Lipinski definition) is 5. The van der Waals surface area contributed by atoms with Crippen molar-refractivity contribution in [3.8, 4) is 0 Å². The van der Waals surface area contributed by atoms with Crippen LogP contribution >= 0.6 is 23.1 Å². The lowest BCUT2D eigenvalue weighted by Gasteiger charge is -2.25. The molecule has 3 amide bonds. The molecule has 0 atom stereocenters. The molecule has 1 aliphatic rings. The topological polar surface area (TPSA) is 92.5 Å². The molecule has 0 saturated heterocycles. The van der Waals surface area contributed by atoms with Crippen LogP contribution in [-0.2, 0) is 29.0 Å². The number of primary amides is 1. The Hall–Kier alpha value is -2.32. The number of hydrogen-bond donors (Lipinski definition) is 2. The predicted molar refractivity (Wildman–Crippen MR) is 117 cm³/mol. The molecule has 0 aliphatic carbocycles. The summed E-state index contributed by atoms with van der Waals surface area (Å²) in [6.07, 6.45) is 0.779. The van der Waals surface area contributed by atoms with Crippen LogP contribution in [0.1, 0.15) is 47.1 Å². The van der Waals surface area contributed by atoms with Gasteiger partial charge in [0.15, 0.2) is 0 Å². The maximum atomic E-state index is 12.6. The number of carbonyl (C=O) groups excluding carboxylic acids is 3. The minimum Gasteiger partial charge on any atom is -0.365 e. The van der Waals surface area contributed by atoms with Crippen LogP contribution in [0.25, 0.3) is 0 Å². The molecule has 0 bridgehead atoms. The highest BCUT2D eigenvalue weighted by molar-refractivity contribution is 7.99. The predicted octanol–water partition coefficient (Wildman–Crippen LogP) is 3.43. The van der Waals surface area contributed by atoms with Crippen LogP contribution in [0.5, 0.6) is 0 Å². The summed E-state index contributed by atoms with van der Waals surface area (Å²) in [5, 5.41) is 3.84. The van der Waals surface area contributed by atoms with Gasteiger partial charge >= 0.3 is 0 Å². The van der Waals surface area contributed by atoms with Gasteiger partial charge in [0, 0.05) is 28.5 Å². The Morgan fingerprint density at radius 1 is 1.24 bits per heavy atom. The van der Waals surface area contributed by atoms with Gasteiger partial charge in [-0.05, 0) is 29.7 Å². The first kappa shape index (κ1) is 21.4. The number of amides is 3. The Kier molecular flexibility index (Phi) is 6.64. The van der Waals surface area contributed by atoms with E-state index in [-0.39, 0.29) is 18.2 Å². The molecule has 0 spiro atoms. The van der Waals surface area contributed by atoms with Crippen molar-refractivity contribution in [1.29, 1.82) is 0 Å². The summed E-state index contributed by atoms with van der Waals surface area (Å²) in [6.45, 7) is 6.80. The molecule has 0 saturated carbocycles. The van der Waals surface area contributed by atoms with Gasteiger partial charge < -0.3 is 16.0 Å². The molecule has 0 radical (unpaired) electrons. The van der Waals surface area contributed by atoms with Gasteiger partial charge in [0.05, 0.1) is 18.5 Å². The lowest BCUT2D eigenvalue weighted by atomic mass is 10.0. The van der Waals surface area contributed by atoms with E-state index in [0.29, 0.717) is 35.3 Å². The smallest absolute Gasteiger partial charge is 0.251 e. The SMILES string of the molecule is CC(=O)N1CCc2c(sc(NC(=O)Cc3ccc(SC(C)C)cc3)c2C(N)=O)C1. The molecular formula is C21H25N3O3S2. The summed E-state index contributed by atoms with van der Waals surface area (Å²) in [5.74, 6) is -0.753. The van der Waals surface area contributed by atoms with Crippen LogP contribution < -0.4 is 11.1 Å². The number of nitrogens with one attached hydrogen (secondary N) is 1. The molecule has 1 aromatic carbocycles. The maximum absolute atomic E-state index is 12.6. The fourth-order valence-electron chi connectivity index (χ4n) is 3.34. The van der Waals surface area contributed by atoms with E-state index in [0.717, 1.165) is 16.0 Å². The Labute approximate surface area is 178 Å². The van der Waals surface area contributed by atoms with Crippen molar-refractivity contribution in [3.63, 3.8) is 0 Å². The second-order valence-corrected chi connectivity index (χ2v) is 10.1. The molecule has 3 N–H and O–H groups in total. The largest absolute Gasteiger partial charge is 0.365 e. The monoisotopic (exact) mass is 431 g/mol. The summed E-state index contributed by atoms with van der Waals surface area (Å²) in [6, 6.07) is 7.93. The molecule has 154 valence electrons. The molecule has 8 heteroatoms. The molecule has 1 aromatic heterocycles. The third kappa shape index (κ3) is 5.19. The summed E-state index contributed by atoms with van der Waals surface area (Å²) >= 11 is 3.10. The zero-order valence-electron chi connectivity index (χ0n) is 16.8. The van der Waals surface area contributed by atoms with Gasteiger partial charge in [0.25, 0.3) is 5.91 Å². The van der Waals surface area contributed by atoms with E-state index in [1.54, 1.807) is 16.7 Å². The van der Waals surface area contributed by atoms with Crippen molar-refractivity contribution in [1.82, 2.24) is 4.90 Å². The number of anilines is 1. The van der Waals surface area contributed by atoms with Crippen molar-refractivity contribution in [2.45, 2.75) is 50.3 Å². The van der Waals surface area contributed by atoms with Gasteiger partial charge in [0.1, 0.15) is 5.00 Å². The van der Waals surface area contributed by atoms with E-state index in [1.165, 1.54) is 23.2 Å². The first-order valence-electron chi connectivity index (χ1n) is 9.50. The lowest BCUT2D eigenvalue weighted by Crippen LogP contribution is -2.34. The fraction of sp³-hybridized carbons (Fsp3) is 0.381. The molecule has 0 unspecified atom stereocenters. The van der Waals surface area contributed by atoms with Crippen molar-refractivity contribution in [2.24, 2.45) is 5.73 Å². The average molecular weight is 432 g/mol. The van der Waals surface area contributed by atoms with E-state index in [1.807, 2.05) is 24.3 Å². The van der Waals surface area contributed by atoms with Gasteiger partial charge in [-0.2, -0.15) is 0 Å².